The number of hydrogen-bond acceptors (Lipinski definition) is 6. The summed E-state index contributed by atoms with van der Waals surface area (Å²) in [5.74, 6) is -1.02. The fourth-order valence-electron chi connectivity index (χ4n) is 3.17. The van der Waals surface area contributed by atoms with Crippen LogP contribution in [0.5, 0.6) is 28.7 Å². The lowest BCUT2D eigenvalue weighted by atomic mass is 9.86. The number of phenols is 3. The number of ketones is 1. The first-order valence-electron chi connectivity index (χ1n) is 8.58. The van der Waals surface area contributed by atoms with E-state index in [1.54, 1.807) is 12.1 Å². The molecule has 6 nitrogen and oxygen atoms in total. The molecule has 0 saturated heterocycles. The molecule has 2 aromatic carbocycles. The molecule has 0 bridgehead atoms. The Morgan fingerprint density at radius 3 is 2.56 bits per heavy atom. The molecule has 0 spiro atoms. The summed E-state index contributed by atoms with van der Waals surface area (Å²) in [4.78, 5) is 13.1. The molecule has 0 saturated carbocycles. The Balaban J connectivity index is 2.05. The van der Waals surface area contributed by atoms with Crippen molar-refractivity contribution in [3.8, 4) is 28.7 Å². The van der Waals surface area contributed by atoms with E-state index >= 15 is 0 Å². The van der Waals surface area contributed by atoms with Crippen molar-refractivity contribution in [3.63, 3.8) is 0 Å². The van der Waals surface area contributed by atoms with Gasteiger partial charge in [-0.15, -0.1) is 0 Å². The molecule has 3 N–H and O–H groups in total. The zero-order valence-electron chi connectivity index (χ0n) is 15.4. The zero-order chi connectivity index (χ0) is 19.7. The van der Waals surface area contributed by atoms with Crippen molar-refractivity contribution < 1.29 is 29.6 Å². The minimum Gasteiger partial charge on any atom is -0.508 e. The van der Waals surface area contributed by atoms with Gasteiger partial charge in [0.25, 0.3) is 0 Å². The molecule has 6 heteroatoms. The van der Waals surface area contributed by atoms with Gasteiger partial charge in [0, 0.05) is 23.3 Å². The lowest BCUT2D eigenvalue weighted by molar-refractivity contribution is 0.0888. The smallest absolute Gasteiger partial charge is 0.181 e. The van der Waals surface area contributed by atoms with Crippen molar-refractivity contribution >= 4 is 5.78 Å². The summed E-state index contributed by atoms with van der Waals surface area (Å²) >= 11 is 0. The summed E-state index contributed by atoms with van der Waals surface area (Å²) in [6, 6.07) is 5.83. The van der Waals surface area contributed by atoms with E-state index in [9.17, 15) is 20.1 Å². The highest BCUT2D eigenvalue weighted by Crippen LogP contribution is 2.45. The van der Waals surface area contributed by atoms with Crippen LogP contribution in [0.25, 0.3) is 0 Å². The Hall–Kier alpha value is -3.15. The molecule has 2 aromatic rings. The van der Waals surface area contributed by atoms with Crippen LogP contribution in [0.2, 0.25) is 0 Å². The minimum atomic E-state index is -0.768. The van der Waals surface area contributed by atoms with Gasteiger partial charge in [-0.2, -0.15) is 0 Å². The van der Waals surface area contributed by atoms with Crippen molar-refractivity contribution in [1.29, 1.82) is 0 Å². The van der Waals surface area contributed by atoms with Gasteiger partial charge in [-0.1, -0.05) is 17.7 Å². The van der Waals surface area contributed by atoms with Crippen molar-refractivity contribution in [3.05, 3.63) is 52.6 Å². The predicted octanol–water partition coefficient (Wildman–Crippen LogP) is 3.68. The average molecular weight is 370 g/mol. The molecular weight excluding hydrogens is 348 g/mol. The molecule has 0 radical (unpaired) electrons. The van der Waals surface area contributed by atoms with Crippen LogP contribution in [-0.4, -0.2) is 34.8 Å². The average Bonchev–Trinajstić information content (AvgIpc) is 2.61. The Bertz CT molecular complexity index is 925. The Morgan fingerprint density at radius 1 is 1.19 bits per heavy atom. The van der Waals surface area contributed by atoms with Gasteiger partial charge in [0.15, 0.2) is 5.78 Å². The van der Waals surface area contributed by atoms with E-state index in [0.29, 0.717) is 23.3 Å². The fraction of sp³-hybridized carbons (Fsp3) is 0.286. The highest BCUT2D eigenvalue weighted by Gasteiger charge is 2.36. The minimum absolute atomic E-state index is 0.00353. The number of ether oxygens (including phenoxy) is 2. The number of allylic oxidation sites excluding steroid dienone is 2. The third kappa shape index (κ3) is 3.43. The van der Waals surface area contributed by atoms with E-state index in [1.807, 2.05) is 19.9 Å². The molecule has 1 aliphatic rings. The van der Waals surface area contributed by atoms with Crippen LogP contribution in [0.4, 0.5) is 0 Å². The molecule has 0 aromatic heterocycles. The van der Waals surface area contributed by atoms with Gasteiger partial charge in [0.1, 0.15) is 40.9 Å². The number of phenolic OH excluding ortho intramolecular Hbond substituents is 3. The number of methoxy groups -OCH3 is 1. The third-order valence-corrected chi connectivity index (χ3v) is 4.62. The SMILES string of the molecule is COc1ccc([C@H]2COc3c(CC=C(C)C)c(O)cc(O)c3C2=O)c(O)c1. The third-order valence-electron chi connectivity index (χ3n) is 4.62. The van der Waals surface area contributed by atoms with Gasteiger partial charge in [0.2, 0.25) is 0 Å². The van der Waals surface area contributed by atoms with E-state index < -0.39 is 5.92 Å². The molecule has 0 aliphatic carbocycles. The van der Waals surface area contributed by atoms with Crippen LogP contribution in [0.1, 0.15) is 41.3 Å². The van der Waals surface area contributed by atoms with Crippen molar-refractivity contribution in [1.82, 2.24) is 0 Å². The first-order valence-corrected chi connectivity index (χ1v) is 8.58. The van der Waals surface area contributed by atoms with Crippen molar-refractivity contribution in [2.45, 2.75) is 26.2 Å². The summed E-state index contributed by atoms with van der Waals surface area (Å²) in [7, 11) is 1.48. The van der Waals surface area contributed by atoms with Gasteiger partial charge in [-0.05, 0) is 26.3 Å². The summed E-state index contributed by atoms with van der Waals surface area (Å²) < 4.78 is 10.9. The molecular formula is C21H22O6. The van der Waals surface area contributed by atoms with Gasteiger partial charge in [-0.25, -0.2) is 0 Å². The highest BCUT2D eigenvalue weighted by atomic mass is 16.5. The second-order valence-corrected chi connectivity index (χ2v) is 6.74. The topological polar surface area (TPSA) is 96.2 Å². The van der Waals surface area contributed by atoms with E-state index in [2.05, 4.69) is 0 Å². The zero-order valence-corrected chi connectivity index (χ0v) is 15.4. The molecule has 1 atom stereocenters. The predicted molar refractivity (Wildman–Crippen MR) is 100 cm³/mol. The monoisotopic (exact) mass is 370 g/mol. The lowest BCUT2D eigenvalue weighted by Crippen LogP contribution is -2.27. The molecule has 0 fully saturated rings. The quantitative estimate of drug-likeness (QED) is 0.711. The molecule has 27 heavy (non-hydrogen) atoms. The van der Waals surface area contributed by atoms with Crippen LogP contribution in [0, 0.1) is 0 Å². The van der Waals surface area contributed by atoms with Gasteiger partial charge in [-0.3, -0.25) is 4.79 Å². The Labute approximate surface area is 157 Å². The number of benzene rings is 2. The number of rotatable bonds is 4. The Kier molecular flexibility index (Phi) is 4.99. The van der Waals surface area contributed by atoms with Crippen LogP contribution in [-0.2, 0) is 6.42 Å². The molecule has 0 unspecified atom stereocenters. The summed E-state index contributed by atoms with van der Waals surface area (Å²) in [6.45, 7) is 3.85. The highest BCUT2D eigenvalue weighted by molar-refractivity contribution is 6.07. The van der Waals surface area contributed by atoms with Crippen LogP contribution < -0.4 is 9.47 Å². The second kappa shape index (κ2) is 7.23. The molecule has 3 rings (SSSR count). The van der Waals surface area contributed by atoms with E-state index in [1.165, 1.54) is 13.2 Å². The maximum Gasteiger partial charge on any atom is 0.181 e. The first kappa shape index (κ1) is 18.6. The van der Waals surface area contributed by atoms with Gasteiger partial charge < -0.3 is 24.8 Å². The number of Topliss-reactive ketones (excluding diaryl/α,β-unsaturated/α-hetero) is 1. The fourth-order valence-corrected chi connectivity index (χ4v) is 3.17. The number of carbonyl (C=O) groups excluding carboxylic acids is 1. The standard InChI is InChI=1S/C21H22O6/c1-11(2)4-6-14-17(23)9-18(24)19-20(25)15(10-27-21(14)19)13-7-5-12(26-3)8-16(13)22/h4-5,7-9,15,22-24H,6,10H2,1-3H3/t15-/m1/s1. The van der Waals surface area contributed by atoms with Crippen LogP contribution >= 0.6 is 0 Å². The number of fused-ring (bicyclic) bond motifs is 1. The van der Waals surface area contributed by atoms with Gasteiger partial charge in [0.05, 0.1) is 13.0 Å². The normalized spacial score (nSPS) is 15.7. The number of carbonyl (C=O) groups is 1. The van der Waals surface area contributed by atoms with Crippen molar-refractivity contribution in [2.24, 2.45) is 0 Å². The second-order valence-electron chi connectivity index (χ2n) is 6.74. The van der Waals surface area contributed by atoms with E-state index in [4.69, 9.17) is 9.47 Å². The number of hydrogen-bond donors (Lipinski definition) is 3. The molecule has 142 valence electrons. The van der Waals surface area contributed by atoms with Gasteiger partial charge >= 0.3 is 0 Å². The van der Waals surface area contributed by atoms with E-state index in [-0.39, 0.29) is 41.0 Å². The summed E-state index contributed by atoms with van der Waals surface area (Å²) in [5, 5.41) is 30.7. The molecule has 1 aliphatic heterocycles. The van der Waals surface area contributed by atoms with E-state index in [0.717, 1.165) is 11.6 Å². The van der Waals surface area contributed by atoms with Crippen LogP contribution in [0.3, 0.4) is 0 Å². The largest absolute Gasteiger partial charge is 0.508 e. The maximum atomic E-state index is 13.1. The van der Waals surface area contributed by atoms with Crippen LogP contribution in [0.15, 0.2) is 35.9 Å². The Morgan fingerprint density at radius 2 is 1.93 bits per heavy atom. The molecule has 1 heterocycles. The first-order chi connectivity index (χ1) is 12.8. The molecule has 0 amide bonds. The number of aromatic hydroxyl groups is 3. The summed E-state index contributed by atoms with van der Waals surface area (Å²) in [5.41, 5.74) is 1.93. The lowest BCUT2D eigenvalue weighted by Gasteiger charge is -2.27. The van der Waals surface area contributed by atoms with Crippen molar-refractivity contribution in [2.75, 3.05) is 13.7 Å². The maximum absolute atomic E-state index is 13.1. The summed E-state index contributed by atoms with van der Waals surface area (Å²) in [6.07, 6.45) is 2.28.